The molecule has 0 unspecified atom stereocenters. The molecule has 0 bridgehead atoms. The van der Waals surface area contributed by atoms with Crippen LogP contribution in [-0.4, -0.2) is 18.4 Å². The second kappa shape index (κ2) is 8.95. The summed E-state index contributed by atoms with van der Waals surface area (Å²) in [5.41, 5.74) is 2.28. The fourth-order valence-electron chi connectivity index (χ4n) is 3.56. The van der Waals surface area contributed by atoms with Gasteiger partial charge in [0.25, 0.3) is 0 Å². The van der Waals surface area contributed by atoms with E-state index in [0.29, 0.717) is 36.5 Å². The molecular weight excluding hydrogens is 383 g/mol. The molecule has 1 aliphatic heterocycles. The summed E-state index contributed by atoms with van der Waals surface area (Å²) >= 11 is 0. The standard InChI is InChI=1S/C24H23FN2O3/c25-21-5-2-1-4-20(21)22-13-11-19(30-22)12-14-23(28)26-16-17-7-9-18(10-8-17)27-15-3-6-24(27)29/h1-2,4-5,7-11,13H,3,6,12,14-16H2,(H,26,28). The van der Waals surface area contributed by atoms with E-state index in [2.05, 4.69) is 5.32 Å². The minimum Gasteiger partial charge on any atom is -0.461 e. The maximum Gasteiger partial charge on any atom is 0.227 e. The molecule has 0 atom stereocenters. The zero-order chi connectivity index (χ0) is 20.9. The van der Waals surface area contributed by atoms with Gasteiger partial charge in [0.1, 0.15) is 17.3 Å². The number of benzene rings is 2. The molecule has 1 fully saturated rings. The zero-order valence-electron chi connectivity index (χ0n) is 16.6. The molecule has 5 nitrogen and oxygen atoms in total. The molecule has 1 N–H and O–H groups in total. The first-order chi connectivity index (χ1) is 14.6. The molecule has 2 amide bonds. The number of aryl methyl sites for hydroxylation is 1. The van der Waals surface area contributed by atoms with Gasteiger partial charge < -0.3 is 14.6 Å². The Hall–Kier alpha value is -3.41. The summed E-state index contributed by atoms with van der Waals surface area (Å²) in [5, 5.41) is 2.89. The van der Waals surface area contributed by atoms with Crippen LogP contribution in [0.4, 0.5) is 10.1 Å². The van der Waals surface area contributed by atoms with E-state index in [0.717, 1.165) is 24.2 Å². The number of anilines is 1. The Morgan fingerprint density at radius 2 is 1.87 bits per heavy atom. The summed E-state index contributed by atoms with van der Waals surface area (Å²) in [5.74, 6) is 0.837. The van der Waals surface area contributed by atoms with Crippen molar-refractivity contribution in [3.8, 4) is 11.3 Å². The highest BCUT2D eigenvalue weighted by Crippen LogP contribution is 2.25. The molecule has 1 saturated heterocycles. The van der Waals surface area contributed by atoms with Crippen molar-refractivity contribution >= 4 is 17.5 Å². The molecule has 154 valence electrons. The molecule has 0 spiro atoms. The van der Waals surface area contributed by atoms with Gasteiger partial charge in [-0.2, -0.15) is 0 Å². The van der Waals surface area contributed by atoms with E-state index in [1.165, 1.54) is 6.07 Å². The number of halogens is 1. The van der Waals surface area contributed by atoms with Gasteiger partial charge in [-0.05, 0) is 48.4 Å². The van der Waals surface area contributed by atoms with Crippen molar-refractivity contribution in [2.24, 2.45) is 0 Å². The lowest BCUT2D eigenvalue weighted by Gasteiger charge is -2.16. The predicted molar refractivity (Wildman–Crippen MR) is 112 cm³/mol. The lowest BCUT2D eigenvalue weighted by Crippen LogP contribution is -2.24. The van der Waals surface area contributed by atoms with Crippen LogP contribution in [0.5, 0.6) is 0 Å². The van der Waals surface area contributed by atoms with Crippen LogP contribution in [0.25, 0.3) is 11.3 Å². The predicted octanol–water partition coefficient (Wildman–Crippen LogP) is 4.46. The Kier molecular flexibility index (Phi) is 5.93. The van der Waals surface area contributed by atoms with E-state index < -0.39 is 0 Å². The summed E-state index contributed by atoms with van der Waals surface area (Å²) in [6.45, 7) is 1.19. The molecule has 0 aliphatic carbocycles. The molecule has 30 heavy (non-hydrogen) atoms. The Morgan fingerprint density at radius 3 is 2.60 bits per heavy atom. The van der Waals surface area contributed by atoms with E-state index in [-0.39, 0.29) is 24.1 Å². The smallest absolute Gasteiger partial charge is 0.227 e. The Morgan fingerprint density at radius 1 is 1.07 bits per heavy atom. The van der Waals surface area contributed by atoms with Gasteiger partial charge in [0.15, 0.2) is 0 Å². The fraction of sp³-hybridized carbons (Fsp3) is 0.250. The van der Waals surface area contributed by atoms with Gasteiger partial charge in [-0.3, -0.25) is 9.59 Å². The number of furan rings is 1. The van der Waals surface area contributed by atoms with Crippen molar-refractivity contribution in [1.29, 1.82) is 0 Å². The highest BCUT2D eigenvalue weighted by Gasteiger charge is 2.21. The van der Waals surface area contributed by atoms with Crippen LogP contribution in [0.15, 0.2) is 65.1 Å². The summed E-state index contributed by atoms with van der Waals surface area (Å²) in [7, 11) is 0. The summed E-state index contributed by atoms with van der Waals surface area (Å²) in [6.07, 6.45) is 2.23. The highest BCUT2D eigenvalue weighted by atomic mass is 19.1. The van der Waals surface area contributed by atoms with Gasteiger partial charge in [-0.25, -0.2) is 4.39 Å². The highest BCUT2D eigenvalue weighted by molar-refractivity contribution is 5.95. The van der Waals surface area contributed by atoms with Crippen molar-refractivity contribution in [2.75, 3.05) is 11.4 Å². The van der Waals surface area contributed by atoms with Crippen molar-refractivity contribution in [2.45, 2.75) is 32.2 Å². The normalized spacial score (nSPS) is 13.6. The average Bonchev–Trinajstić information content (AvgIpc) is 3.40. The third kappa shape index (κ3) is 4.59. The van der Waals surface area contributed by atoms with Crippen molar-refractivity contribution < 1.29 is 18.4 Å². The second-order valence-electron chi connectivity index (χ2n) is 7.34. The van der Waals surface area contributed by atoms with Crippen LogP contribution >= 0.6 is 0 Å². The van der Waals surface area contributed by atoms with Crippen molar-refractivity contribution in [3.63, 3.8) is 0 Å². The average molecular weight is 406 g/mol. The van der Waals surface area contributed by atoms with Gasteiger partial charge in [-0.15, -0.1) is 0 Å². The maximum atomic E-state index is 13.8. The quantitative estimate of drug-likeness (QED) is 0.630. The van der Waals surface area contributed by atoms with Gasteiger partial charge in [0.05, 0.1) is 5.56 Å². The summed E-state index contributed by atoms with van der Waals surface area (Å²) in [6, 6.07) is 17.6. The van der Waals surface area contributed by atoms with Crippen LogP contribution in [0.1, 0.15) is 30.6 Å². The number of hydrogen-bond acceptors (Lipinski definition) is 3. The molecule has 6 heteroatoms. The fourth-order valence-corrected chi connectivity index (χ4v) is 3.56. The third-order valence-electron chi connectivity index (χ3n) is 5.21. The van der Waals surface area contributed by atoms with Crippen LogP contribution in [0, 0.1) is 5.82 Å². The molecule has 1 aromatic heterocycles. The molecule has 3 aromatic rings. The van der Waals surface area contributed by atoms with Gasteiger partial charge in [0, 0.05) is 38.0 Å². The van der Waals surface area contributed by atoms with Gasteiger partial charge in [-0.1, -0.05) is 24.3 Å². The number of hydrogen-bond donors (Lipinski definition) is 1. The number of nitrogens with one attached hydrogen (secondary N) is 1. The largest absolute Gasteiger partial charge is 0.461 e. The van der Waals surface area contributed by atoms with Crippen LogP contribution in [-0.2, 0) is 22.6 Å². The van der Waals surface area contributed by atoms with E-state index in [9.17, 15) is 14.0 Å². The first kappa shape index (κ1) is 19.9. The SMILES string of the molecule is O=C(CCc1ccc(-c2ccccc2F)o1)NCc1ccc(N2CCCC2=O)cc1. The van der Waals surface area contributed by atoms with Gasteiger partial charge in [0.2, 0.25) is 11.8 Å². The second-order valence-corrected chi connectivity index (χ2v) is 7.34. The first-order valence-corrected chi connectivity index (χ1v) is 10.1. The minimum absolute atomic E-state index is 0.0855. The Labute approximate surface area is 174 Å². The summed E-state index contributed by atoms with van der Waals surface area (Å²) in [4.78, 5) is 25.8. The Balaban J connectivity index is 1.25. The van der Waals surface area contributed by atoms with E-state index in [1.54, 1.807) is 35.2 Å². The molecular formula is C24H23FN2O3. The molecule has 2 aromatic carbocycles. The first-order valence-electron chi connectivity index (χ1n) is 10.1. The molecule has 1 aliphatic rings. The minimum atomic E-state index is -0.337. The number of nitrogens with zero attached hydrogens (tertiary/aromatic N) is 1. The van der Waals surface area contributed by atoms with Gasteiger partial charge >= 0.3 is 0 Å². The third-order valence-corrected chi connectivity index (χ3v) is 5.21. The lowest BCUT2D eigenvalue weighted by molar-refractivity contribution is -0.121. The number of carbonyl (C=O) groups is 2. The van der Waals surface area contributed by atoms with Crippen molar-refractivity contribution in [1.82, 2.24) is 5.32 Å². The zero-order valence-corrected chi connectivity index (χ0v) is 16.6. The molecule has 2 heterocycles. The van der Waals surface area contributed by atoms with E-state index in [4.69, 9.17) is 4.42 Å². The number of rotatable bonds is 7. The van der Waals surface area contributed by atoms with Crippen LogP contribution in [0.3, 0.4) is 0 Å². The van der Waals surface area contributed by atoms with Crippen LogP contribution < -0.4 is 10.2 Å². The molecule has 0 saturated carbocycles. The number of amides is 2. The van der Waals surface area contributed by atoms with Crippen molar-refractivity contribution in [3.05, 3.63) is 77.8 Å². The van der Waals surface area contributed by atoms with Crippen LogP contribution in [0.2, 0.25) is 0 Å². The summed E-state index contributed by atoms with van der Waals surface area (Å²) < 4.78 is 19.5. The molecule has 4 rings (SSSR count). The topological polar surface area (TPSA) is 62.6 Å². The molecule has 0 radical (unpaired) electrons. The number of carbonyl (C=O) groups excluding carboxylic acids is 2. The van der Waals surface area contributed by atoms with E-state index >= 15 is 0 Å². The Bertz CT molecular complexity index is 1040. The maximum absolute atomic E-state index is 13.8. The monoisotopic (exact) mass is 406 g/mol. The van der Waals surface area contributed by atoms with E-state index in [1.807, 2.05) is 24.3 Å². The lowest BCUT2D eigenvalue weighted by atomic mass is 10.1.